The molecule has 1 aliphatic rings. The largest absolute Gasteiger partial charge is 0.361 e. The molecule has 0 spiro atoms. The van der Waals surface area contributed by atoms with E-state index in [9.17, 15) is 0 Å². The molecule has 0 bridgehead atoms. The lowest BCUT2D eigenvalue weighted by atomic mass is 10.0. The van der Waals surface area contributed by atoms with Crippen LogP contribution in [-0.2, 0) is 0 Å². The van der Waals surface area contributed by atoms with E-state index in [0.29, 0.717) is 6.54 Å². The maximum Gasteiger partial charge on any atom is 0.0416 e. The Labute approximate surface area is 80.2 Å². The van der Waals surface area contributed by atoms with Crippen LogP contribution >= 0.6 is 0 Å². The highest BCUT2D eigenvalue weighted by Gasteiger charge is 2.08. The van der Waals surface area contributed by atoms with Crippen molar-refractivity contribution in [3.63, 3.8) is 0 Å². The number of dihydropyridines is 1. The Morgan fingerprint density at radius 3 is 2.62 bits per heavy atom. The highest BCUT2D eigenvalue weighted by atomic mass is 14.9. The first-order valence-electron chi connectivity index (χ1n) is 4.88. The predicted octanol–water partition coefficient (Wildman–Crippen LogP) is 2.06. The summed E-state index contributed by atoms with van der Waals surface area (Å²) < 4.78 is 0. The molecule has 0 unspecified atom stereocenters. The summed E-state index contributed by atoms with van der Waals surface area (Å²) in [6.07, 6.45) is 8.21. The normalized spacial score (nSPS) is 15.3. The highest BCUT2D eigenvalue weighted by molar-refractivity contribution is 5.41. The minimum absolute atomic E-state index is 0.607. The van der Waals surface area contributed by atoms with Gasteiger partial charge in [-0.2, -0.15) is 0 Å². The molecule has 2 heteroatoms. The lowest BCUT2D eigenvalue weighted by Gasteiger charge is -2.18. The third kappa shape index (κ3) is 2.22. The van der Waals surface area contributed by atoms with Crippen molar-refractivity contribution in [1.82, 2.24) is 5.32 Å². The van der Waals surface area contributed by atoms with Crippen LogP contribution in [0.1, 0.15) is 26.7 Å². The van der Waals surface area contributed by atoms with Gasteiger partial charge in [-0.05, 0) is 30.1 Å². The third-order valence-electron chi connectivity index (χ3n) is 2.37. The van der Waals surface area contributed by atoms with Crippen LogP contribution in [0.4, 0.5) is 0 Å². The molecule has 0 aliphatic carbocycles. The van der Waals surface area contributed by atoms with E-state index in [0.717, 1.165) is 12.8 Å². The fourth-order valence-electron chi connectivity index (χ4n) is 1.57. The van der Waals surface area contributed by atoms with Gasteiger partial charge in [0.05, 0.1) is 0 Å². The molecule has 1 rings (SSSR count). The molecule has 0 aromatic rings. The molecule has 13 heavy (non-hydrogen) atoms. The van der Waals surface area contributed by atoms with Crippen LogP contribution in [0.15, 0.2) is 35.2 Å². The van der Waals surface area contributed by atoms with Crippen LogP contribution in [0.2, 0.25) is 0 Å². The minimum Gasteiger partial charge on any atom is -0.361 e. The Morgan fingerprint density at radius 1 is 1.38 bits per heavy atom. The summed E-state index contributed by atoms with van der Waals surface area (Å²) >= 11 is 0. The molecule has 1 heterocycles. The quantitative estimate of drug-likeness (QED) is 0.694. The SMILES string of the molecule is CCC(CC)=C1NC=CC=C1CN. The Bertz CT molecular complexity index is 253. The van der Waals surface area contributed by atoms with Crippen LogP contribution in [0, 0.1) is 0 Å². The second-order valence-electron chi connectivity index (χ2n) is 3.09. The zero-order valence-corrected chi connectivity index (χ0v) is 8.43. The summed E-state index contributed by atoms with van der Waals surface area (Å²) in [6, 6.07) is 0. The summed E-state index contributed by atoms with van der Waals surface area (Å²) in [7, 11) is 0. The van der Waals surface area contributed by atoms with Crippen LogP contribution in [-0.4, -0.2) is 6.54 Å². The fourth-order valence-corrected chi connectivity index (χ4v) is 1.57. The van der Waals surface area contributed by atoms with E-state index < -0.39 is 0 Å². The fraction of sp³-hybridized carbons (Fsp3) is 0.455. The van der Waals surface area contributed by atoms with Gasteiger partial charge in [0.1, 0.15) is 0 Å². The standard InChI is InChI=1S/C11H18N2/c1-3-9(4-2)11-10(8-12)6-5-7-13-11/h5-7,13H,3-4,8,12H2,1-2H3. The molecule has 0 saturated carbocycles. The van der Waals surface area contributed by atoms with Gasteiger partial charge in [0.15, 0.2) is 0 Å². The summed E-state index contributed by atoms with van der Waals surface area (Å²) in [4.78, 5) is 0. The topological polar surface area (TPSA) is 38.0 Å². The third-order valence-corrected chi connectivity index (χ3v) is 2.37. The molecule has 0 amide bonds. The maximum absolute atomic E-state index is 5.66. The van der Waals surface area contributed by atoms with E-state index in [1.807, 2.05) is 12.3 Å². The number of hydrogen-bond donors (Lipinski definition) is 2. The Hall–Kier alpha value is -1.02. The lowest BCUT2D eigenvalue weighted by molar-refractivity contribution is 0.883. The predicted molar refractivity (Wildman–Crippen MR) is 57.0 cm³/mol. The van der Waals surface area contributed by atoms with E-state index in [-0.39, 0.29) is 0 Å². The van der Waals surface area contributed by atoms with E-state index in [4.69, 9.17) is 5.73 Å². The average Bonchev–Trinajstić information content (AvgIpc) is 2.20. The summed E-state index contributed by atoms with van der Waals surface area (Å²) in [5, 5.41) is 3.27. The second-order valence-corrected chi connectivity index (χ2v) is 3.09. The van der Waals surface area contributed by atoms with Gasteiger partial charge in [0, 0.05) is 18.4 Å². The molecule has 0 aromatic heterocycles. The number of allylic oxidation sites excluding steroid dienone is 3. The summed E-state index contributed by atoms with van der Waals surface area (Å²) in [6.45, 7) is 4.97. The van der Waals surface area contributed by atoms with Gasteiger partial charge >= 0.3 is 0 Å². The molecule has 1 aliphatic heterocycles. The number of nitrogens with two attached hydrogens (primary N) is 1. The Kier molecular flexibility index (Phi) is 3.77. The molecular formula is C11H18N2. The second kappa shape index (κ2) is 4.87. The molecule has 3 N–H and O–H groups in total. The van der Waals surface area contributed by atoms with Crippen molar-refractivity contribution < 1.29 is 0 Å². The smallest absolute Gasteiger partial charge is 0.0416 e. The average molecular weight is 178 g/mol. The van der Waals surface area contributed by atoms with Crippen molar-refractivity contribution in [2.24, 2.45) is 5.73 Å². The van der Waals surface area contributed by atoms with Crippen LogP contribution in [0.3, 0.4) is 0 Å². The molecule has 0 radical (unpaired) electrons. The van der Waals surface area contributed by atoms with Gasteiger partial charge in [-0.3, -0.25) is 0 Å². The van der Waals surface area contributed by atoms with Gasteiger partial charge in [-0.25, -0.2) is 0 Å². The van der Waals surface area contributed by atoms with Crippen molar-refractivity contribution in [2.45, 2.75) is 26.7 Å². The maximum atomic E-state index is 5.66. The van der Waals surface area contributed by atoms with Crippen molar-refractivity contribution in [2.75, 3.05) is 6.54 Å². The van der Waals surface area contributed by atoms with Gasteiger partial charge in [0.25, 0.3) is 0 Å². The summed E-state index contributed by atoms with van der Waals surface area (Å²) in [5.41, 5.74) is 9.55. The zero-order chi connectivity index (χ0) is 9.68. The Morgan fingerprint density at radius 2 is 2.08 bits per heavy atom. The molecule has 0 aromatic carbocycles. The molecule has 72 valence electrons. The first kappa shape index (κ1) is 10.1. The first-order chi connectivity index (χ1) is 6.33. The number of rotatable bonds is 3. The summed E-state index contributed by atoms with van der Waals surface area (Å²) in [5.74, 6) is 0. The van der Waals surface area contributed by atoms with E-state index >= 15 is 0 Å². The minimum atomic E-state index is 0.607. The molecule has 2 nitrogen and oxygen atoms in total. The van der Waals surface area contributed by atoms with Crippen molar-refractivity contribution in [3.8, 4) is 0 Å². The molecular weight excluding hydrogens is 160 g/mol. The van der Waals surface area contributed by atoms with E-state index in [1.54, 1.807) is 0 Å². The van der Waals surface area contributed by atoms with E-state index in [2.05, 4.69) is 25.2 Å². The van der Waals surface area contributed by atoms with Crippen LogP contribution in [0.5, 0.6) is 0 Å². The van der Waals surface area contributed by atoms with Gasteiger partial charge in [-0.1, -0.05) is 19.9 Å². The van der Waals surface area contributed by atoms with Gasteiger partial charge in [0.2, 0.25) is 0 Å². The van der Waals surface area contributed by atoms with Crippen molar-refractivity contribution in [3.05, 3.63) is 35.2 Å². The molecule has 0 fully saturated rings. The van der Waals surface area contributed by atoms with Gasteiger partial charge < -0.3 is 11.1 Å². The van der Waals surface area contributed by atoms with Gasteiger partial charge in [-0.15, -0.1) is 0 Å². The van der Waals surface area contributed by atoms with Crippen molar-refractivity contribution >= 4 is 0 Å². The number of hydrogen-bond acceptors (Lipinski definition) is 2. The van der Waals surface area contributed by atoms with Crippen molar-refractivity contribution in [1.29, 1.82) is 0 Å². The zero-order valence-electron chi connectivity index (χ0n) is 8.43. The van der Waals surface area contributed by atoms with Crippen LogP contribution in [0.25, 0.3) is 0 Å². The lowest BCUT2D eigenvalue weighted by Crippen LogP contribution is -2.18. The Balaban J connectivity index is 2.96. The highest BCUT2D eigenvalue weighted by Crippen LogP contribution is 2.19. The van der Waals surface area contributed by atoms with Crippen LogP contribution < -0.4 is 11.1 Å². The molecule has 0 atom stereocenters. The number of nitrogens with one attached hydrogen (secondary N) is 1. The van der Waals surface area contributed by atoms with E-state index in [1.165, 1.54) is 16.8 Å². The molecule has 0 saturated heterocycles. The monoisotopic (exact) mass is 178 g/mol. The first-order valence-corrected chi connectivity index (χ1v) is 4.88.